The van der Waals surface area contributed by atoms with Crippen LogP contribution in [0.4, 0.5) is 20.2 Å². The summed E-state index contributed by atoms with van der Waals surface area (Å²) in [6.45, 7) is 3.84. The lowest BCUT2D eigenvalue weighted by Gasteiger charge is -2.30. The van der Waals surface area contributed by atoms with Gasteiger partial charge in [0.2, 0.25) is 0 Å². The molecule has 4 aromatic carbocycles. The molecule has 0 saturated heterocycles. The van der Waals surface area contributed by atoms with Crippen molar-refractivity contribution in [1.29, 1.82) is 0 Å². The normalized spacial score (nSPS) is 11.2. The number of hydrogen-bond acceptors (Lipinski definition) is 1. The SMILES string of the molecule is CC(C)N(c1ccccc1F)c1ccc(-c2cccc3ccccc23)cc1F. The van der Waals surface area contributed by atoms with E-state index in [1.54, 1.807) is 29.2 Å². The van der Waals surface area contributed by atoms with Gasteiger partial charge in [-0.05, 0) is 60.0 Å². The Balaban J connectivity index is 1.82. The van der Waals surface area contributed by atoms with Gasteiger partial charge in [-0.2, -0.15) is 0 Å². The fourth-order valence-corrected chi connectivity index (χ4v) is 3.68. The molecule has 0 bridgehead atoms. The highest BCUT2D eigenvalue weighted by molar-refractivity contribution is 5.96. The van der Waals surface area contributed by atoms with Gasteiger partial charge in [-0.3, -0.25) is 0 Å². The van der Waals surface area contributed by atoms with Gasteiger partial charge < -0.3 is 4.90 Å². The van der Waals surface area contributed by atoms with Crippen LogP contribution in [-0.4, -0.2) is 6.04 Å². The first-order chi connectivity index (χ1) is 13.6. The molecule has 4 aromatic rings. The molecule has 0 N–H and O–H groups in total. The van der Waals surface area contributed by atoms with Crippen LogP contribution >= 0.6 is 0 Å². The topological polar surface area (TPSA) is 3.24 Å². The van der Waals surface area contributed by atoms with Crippen molar-refractivity contribution in [2.24, 2.45) is 0 Å². The van der Waals surface area contributed by atoms with Gasteiger partial charge in [0.15, 0.2) is 0 Å². The first-order valence-corrected chi connectivity index (χ1v) is 9.37. The maximum atomic E-state index is 15.2. The molecule has 0 saturated carbocycles. The fourth-order valence-electron chi connectivity index (χ4n) is 3.68. The molecule has 0 aliphatic carbocycles. The van der Waals surface area contributed by atoms with Crippen molar-refractivity contribution in [3.63, 3.8) is 0 Å². The molecule has 0 spiro atoms. The second kappa shape index (κ2) is 7.43. The molecule has 28 heavy (non-hydrogen) atoms. The van der Waals surface area contributed by atoms with E-state index < -0.39 is 0 Å². The predicted molar refractivity (Wildman–Crippen MR) is 113 cm³/mol. The maximum Gasteiger partial charge on any atom is 0.147 e. The lowest BCUT2D eigenvalue weighted by molar-refractivity contribution is 0.602. The summed E-state index contributed by atoms with van der Waals surface area (Å²) in [6, 6.07) is 25.6. The van der Waals surface area contributed by atoms with E-state index in [0.717, 1.165) is 21.9 Å². The predicted octanol–water partition coefficient (Wildman–Crippen LogP) is 7.33. The van der Waals surface area contributed by atoms with E-state index in [-0.39, 0.29) is 17.7 Å². The second-order valence-electron chi connectivity index (χ2n) is 7.11. The van der Waals surface area contributed by atoms with Gasteiger partial charge in [0.05, 0.1) is 11.4 Å². The number of hydrogen-bond donors (Lipinski definition) is 0. The summed E-state index contributed by atoms with van der Waals surface area (Å²) in [5, 5.41) is 2.19. The minimum Gasteiger partial charge on any atom is -0.334 e. The molecule has 0 atom stereocenters. The zero-order valence-corrected chi connectivity index (χ0v) is 15.9. The zero-order chi connectivity index (χ0) is 19.7. The molecule has 0 aliphatic rings. The maximum absolute atomic E-state index is 15.2. The summed E-state index contributed by atoms with van der Waals surface area (Å²) in [7, 11) is 0. The average Bonchev–Trinajstić information content (AvgIpc) is 2.70. The number of halogens is 2. The molecular weight excluding hydrogens is 352 g/mol. The van der Waals surface area contributed by atoms with Gasteiger partial charge in [-0.1, -0.05) is 60.7 Å². The Labute approximate surface area is 163 Å². The van der Waals surface area contributed by atoms with Gasteiger partial charge in [0.25, 0.3) is 0 Å². The molecule has 0 fully saturated rings. The third kappa shape index (κ3) is 3.24. The largest absolute Gasteiger partial charge is 0.334 e. The van der Waals surface area contributed by atoms with Crippen molar-refractivity contribution < 1.29 is 8.78 Å². The highest BCUT2D eigenvalue weighted by atomic mass is 19.1. The van der Waals surface area contributed by atoms with E-state index in [4.69, 9.17) is 0 Å². The summed E-state index contributed by atoms with van der Waals surface area (Å²) in [6.07, 6.45) is 0. The molecule has 0 radical (unpaired) electrons. The highest BCUT2D eigenvalue weighted by Crippen LogP contribution is 2.35. The highest BCUT2D eigenvalue weighted by Gasteiger charge is 2.20. The minimum absolute atomic E-state index is 0.102. The van der Waals surface area contributed by atoms with E-state index >= 15 is 4.39 Å². The van der Waals surface area contributed by atoms with E-state index in [2.05, 4.69) is 0 Å². The van der Waals surface area contributed by atoms with Crippen molar-refractivity contribution >= 4 is 22.1 Å². The quantitative estimate of drug-likeness (QED) is 0.362. The lowest BCUT2D eigenvalue weighted by atomic mass is 9.98. The summed E-state index contributed by atoms with van der Waals surface area (Å²) in [5.74, 6) is -0.740. The molecule has 0 amide bonds. The first kappa shape index (κ1) is 18.2. The van der Waals surface area contributed by atoms with Crippen molar-refractivity contribution in [3.05, 3.63) is 96.6 Å². The molecule has 0 aromatic heterocycles. The third-order valence-corrected chi connectivity index (χ3v) is 4.94. The monoisotopic (exact) mass is 373 g/mol. The van der Waals surface area contributed by atoms with E-state index in [1.165, 1.54) is 12.1 Å². The van der Waals surface area contributed by atoms with Crippen LogP contribution in [0.5, 0.6) is 0 Å². The van der Waals surface area contributed by atoms with Crippen LogP contribution in [0.3, 0.4) is 0 Å². The molecule has 0 heterocycles. The Morgan fingerprint density at radius 3 is 2.11 bits per heavy atom. The summed E-state index contributed by atoms with van der Waals surface area (Å²) in [4.78, 5) is 1.69. The van der Waals surface area contributed by atoms with Crippen molar-refractivity contribution in [2.45, 2.75) is 19.9 Å². The number of anilines is 2. The van der Waals surface area contributed by atoms with E-state index in [1.807, 2.05) is 62.4 Å². The van der Waals surface area contributed by atoms with Crippen LogP contribution in [0.1, 0.15) is 13.8 Å². The molecule has 0 unspecified atom stereocenters. The number of nitrogens with zero attached hydrogens (tertiary/aromatic N) is 1. The van der Waals surface area contributed by atoms with Crippen molar-refractivity contribution in [1.82, 2.24) is 0 Å². The van der Waals surface area contributed by atoms with Gasteiger partial charge in [0.1, 0.15) is 11.6 Å². The van der Waals surface area contributed by atoms with Gasteiger partial charge >= 0.3 is 0 Å². The van der Waals surface area contributed by atoms with Crippen molar-refractivity contribution in [2.75, 3.05) is 4.90 Å². The number of benzene rings is 4. The number of para-hydroxylation sites is 1. The summed E-state index contributed by atoms with van der Waals surface area (Å²) >= 11 is 0. The zero-order valence-electron chi connectivity index (χ0n) is 15.9. The molecule has 3 heteroatoms. The molecule has 0 aliphatic heterocycles. The van der Waals surface area contributed by atoms with Crippen LogP contribution in [-0.2, 0) is 0 Å². The molecule has 4 rings (SSSR count). The van der Waals surface area contributed by atoms with E-state index in [9.17, 15) is 4.39 Å². The summed E-state index contributed by atoms with van der Waals surface area (Å²) < 4.78 is 29.6. The fraction of sp³-hybridized carbons (Fsp3) is 0.120. The average molecular weight is 373 g/mol. The molecule has 1 nitrogen and oxygen atoms in total. The van der Waals surface area contributed by atoms with Gasteiger partial charge in [0, 0.05) is 6.04 Å². The Morgan fingerprint density at radius 1 is 0.679 bits per heavy atom. The number of fused-ring (bicyclic) bond motifs is 1. The van der Waals surface area contributed by atoms with Crippen LogP contribution in [0.25, 0.3) is 21.9 Å². The standard InChI is InChI=1S/C25H21F2N/c1-17(2)28(24-13-6-5-12-22(24)26)25-15-14-19(16-23(25)27)21-11-7-9-18-8-3-4-10-20(18)21/h3-17H,1-2H3. The smallest absolute Gasteiger partial charge is 0.147 e. The Hall–Kier alpha value is -3.20. The lowest BCUT2D eigenvalue weighted by Crippen LogP contribution is -2.27. The minimum atomic E-state index is -0.373. The van der Waals surface area contributed by atoms with Crippen LogP contribution in [0.15, 0.2) is 84.9 Å². The second-order valence-corrected chi connectivity index (χ2v) is 7.11. The molecular formula is C25H21F2N. The number of rotatable bonds is 4. The Bertz CT molecular complexity index is 1130. The third-order valence-electron chi connectivity index (χ3n) is 4.94. The van der Waals surface area contributed by atoms with Gasteiger partial charge in [-0.15, -0.1) is 0 Å². The van der Waals surface area contributed by atoms with Crippen LogP contribution in [0.2, 0.25) is 0 Å². The van der Waals surface area contributed by atoms with Crippen LogP contribution < -0.4 is 4.90 Å². The van der Waals surface area contributed by atoms with Gasteiger partial charge in [-0.25, -0.2) is 8.78 Å². The van der Waals surface area contributed by atoms with Crippen molar-refractivity contribution in [3.8, 4) is 11.1 Å². The van der Waals surface area contributed by atoms with E-state index in [0.29, 0.717) is 11.4 Å². The Morgan fingerprint density at radius 2 is 1.36 bits per heavy atom. The molecule has 140 valence electrons. The van der Waals surface area contributed by atoms with Crippen LogP contribution in [0, 0.1) is 11.6 Å². The Kier molecular flexibility index (Phi) is 4.82. The summed E-state index contributed by atoms with van der Waals surface area (Å²) in [5.41, 5.74) is 2.51. The first-order valence-electron chi connectivity index (χ1n) is 9.37.